The SMILES string of the molecule is CC(O)CCNc1nc(-c2ccccc2)nc2ccccc12. The average Bonchev–Trinajstić information content (AvgIpc) is 2.55. The summed E-state index contributed by atoms with van der Waals surface area (Å²) in [6.07, 6.45) is 0.355. The molecule has 2 N–H and O–H groups in total. The molecule has 1 atom stereocenters. The number of para-hydroxylation sites is 1. The van der Waals surface area contributed by atoms with Crippen LogP contribution in [0.1, 0.15) is 13.3 Å². The van der Waals surface area contributed by atoms with Gasteiger partial charge in [-0.25, -0.2) is 9.97 Å². The minimum atomic E-state index is -0.325. The highest BCUT2D eigenvalue weighted by atomic mass is 16.3. The molecule has 4 nitrogen and oxygen atoms in total. The summed E-state index contributed by atoms with van der Waals surface area (Å²) in [5, 5.41) is 13.7. The summed E-state index contributed by atoms with van der Waals surface area (Å²) in [5.41, 5.74) is 1.91. The fraction of sp³-hybridized carbons (Fsp3) is 0.222. The molecule has 4 heteroatoms. The van der Waals surface area contributed by atoms with E-state index in [4.69, 9.17) is 0 Å². The predicted molar refractivity (Wildman–Crippen MR) is 89.8 cm³/mol. The lowest BCUT2D eigenvalue weighted by Crippen LogP contribution is -2.11. The molecule has 1 aromatic heterocycles. The number of aliphatic hydroxyl groups is 1. The quantitative estimate of drug-likeness (QED) is 0.756. The Hall–Kier alpha value is -2.46. The molecule has 0 bridgehead atoms. The molecule has 0 saturated carbocycles. The summed E-state index contributed by atoms with van der Waals surface area (Å²) in [6, 6.07) is 17.9. The smallest absolute Gasteiger partial charge is 0.162 e. The number of fused-ring (bicyclic) bond motifs is 1. The molecule has 3 rings (SSSR count). The molecular formula is C18H19N3O. The Labute approximate surface area is 129 Å². The zero-order valence-corrected chi connectivity index (χ0v) is 12.5. The van der Waals surface area contributed by atoms with Crippen molar-refractivity contribution in [1.29, 1.82) is 0 Å². The van der Waals surface area contributed by atoms with Gasteiger partial charge in [0.2, 0.25) is 0 Å². The maximum Gasteiger partial charge on any atom is 0.162 e. The first-order valence-corrected chi connectivity index (χ1v) is 7.48. The lowest BCUT2D eigenvalue weighted by molar-refractivity contribution is 0.188. The van der Waals surface area contributed by atoms with E-state index in [2.05, 4.69) is 15.3 Å². The van der Waals surface area contributed by atoms with Crippen LogP contribution in [0.15, 0.2) is 54.6 Å². The minimum Gasteiger partial charge on any atom is -0.393 e. The first-order valence-electron chi connectivity index (χ1n) is 7.48. The summed E-state index contributed by atoms with van der Waals surface area (Å²) < 4.78 is 0. The van der Waals surface area contributed by atoms with E-state index >= 15 is 0 Å². The first-order chi connectivity index (χ1) is 10.7. The van der Waals surface area contributed by atoms with Gasteiger partial charge in [0, 0.05) is 17.5 Å². The third-order valence-corrected chi connectivity index (χ3v) is 3.49. The van der Waals surface area contributed by atoms with Crippen LogP contribution >= 0.6 is 0 Å². The van der Waals surface area contributed by atoms with E-state index in [1.165, 1.54) is 0 Å². The molecule has 1 unspecified atom stereocenters. The summed E-state index contributed by atoms with van der Waals surface area (Å²) in [7, 11) is 0. The topological polar surface area (TPSA) is 58.0 Å². The Balaban J connectivity index is 2.01. The number of rotatable bonds is 5. The van der Waals surface area contributed by atoms with Gasteiger partial charge in [-0.3, -0.25) is 0 Å². The Morgan fingerprint density at radius 3 is 2.50 bits per heavy atom. The van der Waals surface area contributed by atoms with Crippen LogP contribution < -0.4 is 5.32 Å². The first kappa shape index (κ1) is 14.5. The third-order valence-electron chi connectivity index (χ3n) is 3.49. The fourth-order valence-electron chi connectivity index (χ4n) is 2.33. The van der Waals surface area contributed by atoms with Gasteiger partial charge < -0.3 is 10.4 Å². The van der Waals surface area contributed by atoms with Gasteiger partial charge in [0.1, 0.15) is 5.82 Å². The molecule has 0 spiro atoms. The van der Waals surface area contributed by atoms with Crippen molar-refractivity contribution in [2.75, 3.05) is 11.9 Å². The van der Waals surface area contributed by atoms with E-state index in [1.54, 1.807) is 6.92 Å². The van der Waals surface area contributed by atoms with E-state index in [0.29, 0.717) is 18.8 Å². The highest BCUT2D eigenvalue weighted by Crippen LogP contribution is 2.24. The lowest BCUT2D eigenvalue weighted by atomic mass is 10.2. The van der Waals surface area contributed by atoms with E-state index in [1.807, 2.05) is 54.6 Å². The van der Waals surface area contributed by atoms with Gasteiger partial charge in [-0.15, -0.1) is 0 Å². The number of nitrogens with zero attached hydrogens (tertiary/aromatic N) is 2. The molecule has 0 radical (unpaired) electrons. The van der Waals surface area contributed by atoms with Crippen LogP contribution in [-0.4, -0.2) is 27.7 Å². The standard InChI is InChI=1S/C18H19N3O/c1-13(22)11-12-19-18-15-9-5-6-10-16(15)20-17(21-18)14-7-3-2-4-8-14/h2-10,13,22H,11-12H2,1H3,(H,19,20,21). The van der Waals surface area contributed by atoms with Gasteiger partial charge in [0.15, 0.2) is 5.82 Å². The van der Waals surface area contributed by atoms with E-state index < -0.39 is 0 Å². The maximum atomic E-state index is 9.40. The van der Waals surface area contributed by atoms with Crippen LogP contribution in [0.25, 0.3) is 22.3 Å². The van der Waals surface area contributed by atoms with Crippen molar-refractivity contribution in [3.8, 4) is 11.4 Å². The van der Waals surface area contributed by atoms with E-state index in [0.717, 1.165) is 22.3 Å². The Morgan fingerprint density at radius 1 is 1.00 bits per heavy atom. The monoisotopic (exact) mass is 293 g/mol. The number of benzene rings is 2. The van der Waals surface area contributed by atoms with Gasteiger partial charge in [0.25, 0.3) is 0 Å². The molecule has 3 aromatic rings. The van der Waals surface area contributed by atoms with Crippen molar-refractivity contribution in [2.24, 2.45) is 0 Å². The Morgan fingerprint density at radius 2 is 1.73 bits per heavy atom. The highest BCUT2D eigenvalue weighted by molar-refractivity contribution is 5.90. The molecule has 1 heterocycles. The second-order valence-electron chi connectivity index (χ2n) is 5.34. The molecule has 0 aliphatic carbocycles. The van der Waals surface area contributed by atoms with E-state index in [9.17, 15) is 5.11 Å². The van der Waals surface area contributed by atoms with Crippen LogP contribution in [0.3, 0.4) is 0 Å². The van der Waals surface area contributed by atoms with Crippen LogP contribution in [0.5, 0.6) is 0 Å². The molecule has 0 aliphatic heterocycles. The van der Waals surface area contributed by atoms with Crippen LogP contribution in [0.2, 0.25) is 0 Å². The normalized spacial score (nSPS) is 12.3. The molecule has 112 valence electrons. The number of nitrogens with one attached hydrogen (secondary N) is 1. The summed E-state index contributed by atoms with van der Waals surface area (Å²) >= 11 is 0. The van der Waals surface area contributed by atoms with Gasteiger partial charge in [-0.1, -0.05) is 42.5 Å². The summed E-state index contributed by atoms with van der Waals surface area (Å²) in [4.78, 5) is 9.31. The maximum absolute atomic E-state index is 9.40. The number of hydrogen-bond acceptors (Lipinski definition) is 4. The summed E-state index contributed by atoms with van der Waals surface area (Å²) in [5.74, 6) is 1.52. The Bertz CT molecular complexity index is 757. The fourth-order valence-corrected chi connectivity index (χ4v) is 2.33. The zero-order valence-electron chi connectivity index (χ0n) is 12.5. The summed E-state index contributed by atoms with van der Waals surface area (Å²) in [6.45, 7) is 2.46. The van der Waals surface area contributed by atoms with Gasteiger partial charge in [0.05, 0.1) is 11.6 Å². The average molecular weight is 293 g/mol. The largest absolute Gasteiger partial charge is 0.393 e. The third kappa shape index (κ3) is 3.23. The molecule has 2 aromatic carbocycles. The Kier molecular flexibility index (Phi) is 4.30. The highest BCUT2D eigenvalue weighted by Gasteiger charge is 2.09. The van der Waals surface area contributed by atoms with Crippen molar-refractivity contribution < 1.29 is 5.11 Å². The van der Waals surface area contributed by atoms with Crippen LogP contribution in [0, 0.1) is 0 Å². The number of anilines is 1. The van der Waals surface area contributed by atoms with Gasteiger partial charge in [-0.05, 0) is 25.5 Å². The van der Waals surface area contributed by atoms with Crippen LogP contribution in [0.4, 0.5) is 5.82 Å². The minimum absolute atomic E-state index is 0.325. The van der Waals surface area contributed by atoms with Gasteiger partial charge >= 0.3 is 0 Å². The molecule has 0 saturated heterocycles. The molecular weight excluding hydrogens is 274 g/mol. The second-order valence-corrected chi connectivity index (χ2v) is 5.34. The van der Waals surface area contributed by atoms with Crippen molar-refractivity contribution >= 4 is 16.7 Å². The second kappa shape index (κ2) is 6.54. The number of hydrogen-bond donors (Lipinski definition) is 2. The molecule has 0 aliphatic rings. The molecule has 0 amide bonds. The number of aliphatic hydroxyl groups excluding tert-OH is 1. The van der Waals surface area contributed by atoms with Crippen molar-refractivity contribution in [2.45, 2.75) is 19.4 Å². The lowest BCUT2D eigenvalue weighted by Gasteiger charge is -2.11. The van der Waals surface area contributed by atoms with Crippen LogP contribution in [-0.2, 0) is 0 Å². The van der Waals surface area contributed by atoms with Crippen molar-refractivity contribution in [3.63, 3.8) is 0 Å². The molecule has 22 heavy (non-hydrogen) atoms. The van der Waals surface area contributed by atoms with Crippen molar-refractivity contribution in [3.05, 3.63) is 54.6 Å². The number of aromatic nitrogens is 2. The van der Waals surface area contributed by atoms with E-state index in [-0.39, 0.29) is 6.10 Å². The molecule has 0 fully saturated rings. The predicted octanol–water partition coefficient (Wildman–Crippen LogP) is 3.48. The van der Waals surface area contributed by atoms with Crippen molar-refractivity contribution in [1.82, 2.24) is 9.97 Å². The van der Waals surface area contributed by atoms with Gasteiger partial charge in [-0.2, -0.15) is 0 Å². The zero-order chi connectivity index (χ0) is 15.4.